The molecule has 1 atom stereocenters. The summed E-state index contributed by atoms with van der Waals surface area (Å²) in [5.41, 5.74) is 4.58. The third-order valence-electron chi connectivity index (χ3n) is 4.59. The van der Waals surface area contributed by atoms with Gasteiger partial charge in [-0.25, -0.2) is 0 Å². The highest BCUT2D eigenvalue weighted by molar-refractivity contribution is 5.71. The fourth-order valence-electron chi connectivity index (χ4n) is 3.23. The Hall–Kier alpha value is -3.08. The zero-order valence-corrected chi connectivity index (χ0v) is 14.8. The van der Waals surface area contributed by atoms with Gasteiger partial charge in [-0.05, 0) is 48.2 Å². The molecule has 0 radical (unpaired) electrons. The molecule has 0 fully saturated rings. The van der Waals surface area contributed by atoms with E-state index in [1.54, 1.807) is 6.20 Å². The Morgan fingerprint density at radius 3 is 2.73 bits per heavy atom. The molecule has 0 bridgehead atoms. The number of rotatable bonds is 4. The number of nitrogens with zero attached hydrogens (tertiary/aromatic N) is 2. The van der Waals surface area contributed by atoms with Gasteiger partial charge in [0.1, 0.15) is 12.4 Å². The first-order chi connectivity index (χ1) is 12.6. The molecular formula is C21H20N2O3. The zero-order valence-electron chi connectivity index (χ0n) is 14.8. The van der Waals surface area contributed by atoms with Gasteiger partial charge in [-0.15, -0.1) is 0 Å². The number of benzene rings is 2. The van der Waals surface area contributed by atoms with Gasteiger partial charge in [-0.3, -0.25) is 9.36 Å². The van der Waals surface area contributed by atoms with Crippen molar-refractivity contribution in [2.45, 2.75) is 26.5 Å². The topological polar surface area (TPSA) is 53.4 Å². The monoisotopic (exact) mass is 348 g/mol. The molecule has 1 unspecified atom stereocenters. The first-order valence-electron chi connectivity index (χ1n) is 8.64. The molecule has 4 rings (SSSR count). The van der Waals surface area contributed by atoms with Crippen molar-refractivity contribution >= 4 is 0 Å². The molecule has 1 aliphatic rings. The van der Waals surface area contributed by atoms with Crippen LogP contribution < -0.4 is 15.0 Å². The minimum atomic E-state index is -0.291. The third kappa shape index (κ3) is 3.20. The lowest BCUT2D eigenvalue weighted by Gasteiger charge is -2.14. The first-order valence-corrected chi connectivity index (χ1v) is 8.64. The lowest BCUT2D eigenvalue weighted by atomic mass is 9.97. The SMILES string of the molecule is Cc1ccccc1-c1ccc(OCC2Cn3ccc(=O)nc3O2)cc1C. The van der Waals surface area contributed by atoms with Gasteiger partial charge in [0.2, 0.25) is 0 Å². The van der Waals surface area contributed by atoms with E-state index in [9.17, 15) is 4.79 Å². The van der Waals surface area contributed by atoms with E-state index in [-0.39, 0.29) is 11.7 Å². The highest BCUT2D eigenvalue weighted by Crippen LogP contribution is 2.29. The molecule has 0 N–H and O–H groups in total. The lowest BCUT2D eigenvalue weighted by Crippen LogP contribution is -2.23. The summed E-state index contributed by atoms with van der Waals surface area (Å²) < 4.78 is 13.4. The van der Waals surface area contributed by atoms with Crippen LogP contribution in [-0.2, 0) is 6.54 Å². The van der Waals surface area contributed by atoms with Crippen molar-refractivity contribution in [1.29, 1.82) is 0 Å². The quantitative estimate of drug-likeness (QED) is 0.725. The summed E-state index contributed by atoms with van der Waals surface area (Å²) in [6.07, 6.45) is 1.55. The molecule has 5 nitrogen and oxygen atoms in total. The van der Waals surface area contributed by atoms with Crippen molar-refractivity contribution in [2.24, 2.45) is 0 Å². The molecule has 132 valence electrons. The molecule has 0 saturated heterocycles. The molecule has 1 aliphatic heterocycles. The summed E-state index contributed by atoms with van der Waals surface area (Å²) in [7, 11) is 0. The van der Waals surface area contributed by atoms with Gasteiger partial charge in [-0.2, -0.15) is 4.98 Å². The number of aromatic nitrogens is 2. The van der Waals surface area contributed by atoms with Crippen molar-refractivity contribution in [3.8, 4) is 22.9 Å². The van der Waals surface area contributed by atoms with Gasteiger partial charge >= 0.3 is 0 Å². The minimum absolute atomic E-state index is 0.152. The number of fused-ring (bicyclic) bond motifs is 1. The number of ether oxygens (including phenoxy) is 2. The van der Waals surface area contributed by atoms with E-state index in [2.05, 4.69) is 43.1 Å². The van der Waals surface area contributed by atoms with E-state index < -0.39 is 0 Å². The molecule has 3 aromatic rings. The fourth-order valence-corrected chi connectivity index (χ4v) is 3.23. The van der Waals surface area contributed by atoms with Crippen molar-refractivity contribution in [1.82, 2.24) is 9.55 Å². The number of hydrogen-bond acceptors (Lipinski definition) is 4. The molecule has 0 spiro atoms. The van der Waals surface area contributed by atoms with Gasteiger partial charge in [0, 0.05) is 12.3 Å². The summed E-state index contributed by atoms with van der Waals surface area (Å²) in [6.45, 7) is 5.24. The summed E-state index contributed by atoms with van der Waals surface area (Å²) in [4.78, 5) is 15.1. The Kier molecular flexibility index (Phi) is 4.21. The van der Waals surface area contributed by atoms with Crippen LogP contribution in [-0.4, -0.2) is 22.3 Å². The average Bonchev–Trinajstić information content (AvgIpc) is 3.03. The van der Waals surface area contributed by atoms with E-state index in [1.807, 2.05) is 22.8 Å². The Labute approximate surface area is 151 Å². The zero-order chi connectivity index (χ0) is 18.1. The normalized spacial score (nSPS) is 15.4. The predicted molar refractivity (Wildman–Crippen MR) is 99.8 cm³/mol. The van der Waals surface area contributed by atoms with Gasteiger partial charge in [0.15, 0.2) is 6.10 Å². The van der Waals surface area contributed by atoms with E-state index in [0.717, 1.165) is 5.75 Å². The largest absolute Gasteiger partial charge is 0.490 e. The van der Waals surface area contributed by atoms with Crippen molar-refractivity contribution in [3.05, 3.63) is 76.2 Å². The summed E-state index contributed by atoms with van der Waals surface area (Å²) in [6, 6.07) is 16.3. The molecule has 0 amide bonds. The molecule has 2 aromatic carbocycles. The molecule has 2 heterocycles. The Bertz CT molecular complexity index is 1010. The smallest absolute Gasteiger partial charge is 0.300 e. The van der Waals surface area contributed by atoms with E-state index >= 15 is 0 Å². The number of aryl methyl sites for hydroxylation is 2. The van der Waals surface area contributed by atoms with Gasteiger partial charge in [0.25, 0.3) is 11.6 Å². The second-order valence-corrected chi connectivity index (χ2v) is 6.54. The van der Waals surface area contributed by atoms with Crippen molar-refractivity contribution in [2.75, 3.05) is 6.61 Å². The Balaban J connectivity index is 1.45. The van der Waals surface area contributed by atoms with Gasteiger partial charge in [0.05, 0.1) is 6.54 Å². The van der Waals surface area contributed by atoms with Crippen molar-refractivity contribution < 1.29 is 9.47 Å². The molecule has 5 heteroatoms. The third-order valence-corrected chi connectivity index (χ3v) is 4.59. The highest BCUT2D eigenvalue weighted by Gasteiger charge is 2.23. The summed E-state index contributed by atoms with van der Waals surface area (Å²) >= 11 is 0. The molecular weight excluding hydrogens is 328 g/mol. The van der Waals surface area contributed by atoms with Crippen LogP contribution in [0.4, 0.5) is 0 Å². The second-order valence-electron chi connectivity index (χ2n) is 6.54. The van der Waals surface area contributed by atoms with Crippen LogP contribution in [0.2, 0.25) is 0 Å². The van der Waals surface area contributed by atoms with Crippen LogP contribution in [0.3, 0.4) is 0 Å². The molecule has 1 aromatic heterocycles. The maximum atomic E-state index is 11.3. The predicted octanol–water partition coefficient (Wildman–Crippen LogP) is 3.37. The van der Waals surface area contributed by atoms with Crippen LogP contribution in [0.1, 0.15) is 11.1 Å². The van der Waals surface area contributed by atoms with Crippen molar-refractivity contribution in [3.63, 3.8) is 0 Å². The van der Waals surface area contributed by atoms with E-state index in [0.29, 0.717) is 19.2 Å². The van der Waals surface area contributed by atoms with Crippen LogP contribution in [0.15, 0.2) is 59.5 Å². The van der Waals surface area contributed by atoms with Crippen LogP contribution in [0, 0.1) is 13.8 Å². The van der Waals surface area contributed by atoms with Crippen LogP contribution in [0.25, 0.3) is 11.1 Å². The minimum Gasteiger partial charge on any atom is -0.490 e. The highest BCUT2D eigenvalue weighted by atomic mass is 16.6. The molecule has 26 heavy (non-hydrogen) atoms. The molecule has 0 aliphatic carbocycles. The van der Waals surface area contributed by atoms with Gasteiger partial charge < -0.3 is 9.47 Å². The summed E-state index contributed by atoms with van der Waals surface area (Å²) in [5.74, 6) is 0.807. The molecule has 0 saturated carbocycles. The Morgan fingerprint density at radius 1 is 1.12 bits per heavy atom. The standard InChI is InChI=1S/C21H20N2O3/c1-14-5-3-4-6-18(14)19-8-7-16(11-15(19)2)25-13-17-12-23-10-9-20(24)22-21(23)26-17/h3-11,17H,12-13H2,1-2H3. The van der Waals surface area contributed by atoms with E-state index in [1.165, 1.54) is 28.3 Å². The summed E-state index contributed by atoms with van der Waals surface area (Å²) in [5, 5.41) is 0. The lowest BCUT2D eigenvalue weighted by molar-refractivity contribution is 0.143. The van der Waals surface area contributed by atoms with Crippen LogP contribution in [0.5, 0.6) is 11.8 Å². The Morgan fingerprint density at radius 2 is 1.92 bits per heavy atom. The van der Waals surface area contributed by atoms with E-state index in [4.69, 9.17) is 9.47 Å². The maximum Gasteiger partial charge on any atom is 0.300 e. The first kappa shape index (κ1) is 16.4. The maximum absolute atomic E-state index is 11.3. The van der Waals surface area contributed by atoms with Crippen LogP contribution >= 0.6 is 0 Å². The fraction of sp³-hybridized carbons (Fsp3) is 0.238. The second kappa shape index (κ2) is 6.67. The van der Waals surface area contributed by atoms with Gasteiger partial charge in [-0.1, -0.05) is 30.3 Å². The average molecular weight is 348 g/mol. The number of hydrogen-bond donors (Lipinski definition) is 0.